The highest BCUT2D eigenvalue weighted by molar-refractivity contribution is 7.13. The lowest BCUT2D eigenvalue weighted by Gasteiger charge is -2.26. The van der Waals surface area contributed by atoms with Crippen molar-refractivity contribution < 1.29 is 0 Å². The summed E-state index contributed by atoms with van der Waals surface area (Å²) < 4.78 is 0. The van der Waals surface area contributed by atoms with E-state index >= 15 is 0 Å². The standard InChI is InChI=1S/C15H17NS2.ClH/c1-16-8-2-5-12(11-16)15(13-6-3-9-17-13)14-7-4-10-18-14;/h3-4,6-7,9-10H,2,5,8,11H2,1H3;1H. The summed E-state index contributed by atoms with van der Waals surface area (Å²) in [7, 11) is 2.22. The van der Waals surface area contributed by atoms with Gasteiger partial charge in [-0.15, -0.1) is 35.1 Å². The Hall–Kier alpha value is -0.610. The number of likely N-dealkylation sites (N-methyl/N-ethyl adjacent to an activating group) is 1. The van der Waals surface area contributed by atoms with Crippen LogP contribution in [0.5, 0.6) is 0 Å². The molecule has 0 atom stereocenters. The maximum absolute atomic E-state index is 2.43. The fourth-order valence-electron chi connectivity index (χ4n) is 2.56. The SMILES string of the molecule is CN1CCCC(=C(c2cccs2)c2cccs2)C1.Cl. The number of hydrogen-bond donors (Lipinski definition) is 0. The molecule has 1 saturated heterocycles. The predicted octanol–water partition coefficient (Wildman–Crippen LogP) is 4.76. The molecular formula is C15H18ClNS2. The summed E-state index contributed by atoms with van der Waals surface area (Å²) in [6, 6.07) is 8.81. The van der Waals surface area contributed by atoms with Gasteiger partial charge >= 0.3 is 0 Å². The van der Waals surface area contributed by atoms with Gasteiger partial charge in [0.15, 0.2) is 0 Å². The first kappa shape index (κ1) is 14.8. The second-order valence-electron chi connectivity index (χ2n) is 4.77. The van der Waals surface area contributed by atoms with Crippen LogP contribution in [0.15, 0.2) is 40.6 Å². The van der Waals surface area contributed by atoms with E-state index < -0.39 is 0 Å². The zero-order valence-corrected chi connectivity index (χ0v) is 13.4. The van der Waals surface area contributed by atoms with Gasteiger partial charge in [0, 0.05) is 21.9 Å². The lowest BCUT2D eigenvalue weighted by atomic mass is 9.97. The Morgan fingerprint density at radius 1 is 1.11 bits per heavy atom. The van der Waals surface area contributed by atoms with Crippen molar-refractivity contribution in [3.8, 4) is 0 Å². The molecular weight excluding hydrogens is 294 g/mol. The van der Waals surface area contributed by atoms with E-state index in [1.54, 1.807) is 5.57 Å². The van der Waals surface area contributed by atoms with Gasteiger partial charge in [0.05, 0.1) is 0 Å². The quantitative estimate of drug-likeness (QED) is 0.773. The summed E-state index contributed by atoms with van der Waals surface area (Å²) in [5.74, 6) is 0. The minimum atomic E-state index is 0. The summed E-state index contributed by atoms with van der Waals surface area (Å²) in [4.78, 5) is 5.27. The fraction of sp³-hybridized carbons (Fsp3) is 0.333. The molecule has 0 radical (unpaired) electrons. The molecule has 1 fully saturated rings. The van der Waals surface area contributed by atoms with Crippen LogP contribution in [0.1, 0.15) is 22.6 Å². The highest BCUT2D eigenvalue weighted by Gasteiger charge is 2.18. The molecule has 3 rings (SSSR count). The molecule has 0 saturated carbocycles. The van der Waals surface area contributed by atoms with Gasteiger partial charge in [0.1, 0.15) is 0 Å². The van der Waals surface area contributed by atoms with Crippen molar-refractivity contribution in [1.82, 2.24) is 4.90 Å². The van der Waals surface area contributed by atoms with E-state index in [4.69, 9.17) is 0 Å². The van der Waals surface area contributed by atoms with Crippen LogP contribution in [0.4, 0.5) is 0 Å². The van der Waals surface area contributed by atoms with Crippen molar-refractivity contribution in [3.63, 3.8) is 0 Å². The van der Waals surface area contributed by atoms with Crippen molar-refractivity contribution in [3.05, 3.63) is 50.4 Å². The van der Waals surface area contributed by atoms with E-state index in [9.17, 15) is 0 Å². The second kappa shape index (κ2) is 6.71. The summed E-state index contributed by atoms with van der Waals surface area (Å²) in [5.41, 5.74) is 3.10. The van der Waals surface area contributed by atoms with Gasteiger partial charge in [-0.25, -0.2) is 0 Å². The van der Waals surface area contributed by atoms with Crippen LogP contribution >= 0.6 is 35.1 Å². The molecule has 2 aromatic rings. The zero-order chi connectivity index (χ0) is 12.4. The first-order chi connectivity index (χ1) is 8.84. The van der Waals surface area contributed by atoms with E-state index in [0.717, 1.165) is 6.54 Å². The van der Waals surface area contributed by atoms with Gasteiger partial charge in [-0.3, -0.25) is 0 Å². The average molecular weight is 312 g/mol. The molecule has 0 spiro atoms. The van der Waals surface area contributed by atoms with E-state index in [-0.39, 0.29) is 12.4 Å². The Bertz CT molecular complexity index is 492. The Balaban J connectivity index is 0.00000133. The molecule has 102 valence electrons. The minimum Gasteiger partial charge on any atom is -0.302 e. The third-order valence-electron chi connectivity index (χ3n) is 3.37. The van der Waals surface area contributed by atoms with E-state index in [1.807, 2.05) is 22.7 Å². The van der Waals surface area contributed by atoms with Crippen molar-refractivity contribution in [1.29, 1.82) is 0 Å². The molecule has 4 heteroatoms. The molecule has 2 aromatic heterocycles. The molecule has 0 unspecified atom stereocenters. The molecule has 0 amide bonds. The lowest BCUT2D eigenvalue weighted by molar-refractivity contribution is 0.323. The number of likely N-dealkylation sites (tertiary alicyclic amines) is 1. The van der Waals surface area contributed by atoms with Crippen molar-refractivity contribution in [2.45, 2.75) is 12.8 Å². The molecule has 1 aliphatic rings. The zero-order valence-electron chi connectivity index (χ0n) is 11.0. The fourth-order valence-corrected chi connectivity index (χ4v) is 4.29. The molecule has 3 heterocycles. The van der Waals surface area contributed by atoms with Crippen molar-refractivity contribution in [2.75, 3.05) is 20.1 Å². The smallest absolute Gasteiger partial charge is 0.0356 e. The Morgan fingerprint density at radius 3 is 2.21 bits per heavy atom. The topological polar surface area (TPSA) is 3.24 Å². The normalized spacial score (nSPS) is 16.2. The van der Waals surface area contributed by atoms with Crippen molar-refractivity contribution in [2.24, 2.45) is 0 Å². The van der Waals surface area contributed by atoms with Crippen LogP contribution in [0.3, 0.4) is 0 Å². The van der Waals surface area contributed by atoms with Gasteiger partial charge in [0.25, 0.3) is 0 Å². The second-order valence-corrected chi connectivity index (χ2v) is 6.67. The van der Waals surface area contributed by atoms with Gasteiger partial charge in [0.2, 0.25) is 0 Å². The van der Waals surface area contributed by atoms with Gasteiger partial charge < -0.3 is 4.90 Å². The van der Waals surface area contributed by atoms with Crippen LogP contribution in [-0.4, -0.2) is 25.0 Å². The average Bonchev–Trinajstić information content (AvgIpc) is 3.02. The number of rotatable bonds is 2. The summed E-state index contributed by atoms with van der Waals surface area (Å²) in [5, 5.41) is 4.35. The molecule has 0 bridgehead atoms. The van der Waals surface area contributed by atoms with Crippen molar-refractivity contribution >= 4 is 40.7 Å². The van der Waals surface area contributed by atoms with Crippen LogP contribution < -0.4 is 0 Å². The maximum atomic E-state index is 2.43. The van der Waals surface area contributed by atoms with Crippen LogP contribution in [0, 0.1) is 0 Å². The largest absolute Gasteiger partial charge is 0.302 e. The summed E-state index contributed by atoms with van der Waals surface area (Å²) >= 11 is 3.71. The number of hydrogen-bond acceptors (Lipinski definition) is 3. The van der Waals surface area contributed by atoms with E-state index in [2.05, 4.69) is 47.0 Å². The Morgan fingerprint density at radius 2 is 1.74 bits per heavy atom. The third-order valence-corrected chi connectivity index (χ3v) is 5.14. The third kappa shape index (κ3) is 3.29. The lowest BCUT2D eigenvalue weighted by Crippen LogP contribution is -2.27. The molecule has 0 aromatic carbocycles. The van der Waals surface area contributed by atoms with Crippen LogP contribution in [0.2, 0.25) is 0 Å². The molecule has 0 N–H and O–H groups in total. The number of piperidine rings is 1. The molecule has 19 heavy (non-hydrogen) atoms. The number of nitrogens with zero attached hydrogens (tertiary/aromatic N) is 1. The van der Waals surface area contributed by atoms with Gasteiger partial charge in [-0.05, 0) is 54.9 Å². The Kier molecular flexibility index (Phi) is 5.22. The monoisotopic (exact) mass is 311 g/mol. The molecule has 1 aliphatic heterocycles. The molecule has 0 aliphatic carbocycles. The summed E-state index contributed by atoms with van der Waals surface area (Å²) in [6.07, 6.45) is 2.53. The minimum absolute atomic E-state index is 0. The van der Waals surface area contributed by atoms with Crippen LogP contribution in [0.25, 0.3) is 5.57 Å². The van der Waals surface area contributed by atoms with Crippen LogP contribution in [-0.2, 0) is 0 Å². The predicted molar refractivity (Wildman–Crippen MR) is 88.6 cm³/mol. The van der Waals surface area contributed by atoms with E-state index in [1.165, 1.54) is 34.7 Å². The maximum Gasteiger partial charge on any atom is 0.0356 e. The number of halogens is 1. The van der Waals surface area contributed by atoms with Gasteiger partial charge in [-0.1, -0.05) is 12.1 Å². The first-order valence-corrected chi connectivity index (χ1v) is 8.09. The summed E-state index contributed by atoms with van der Waals surface area (Å²) in [6.45, 7) is 2.34. The highest BCUT2D eigenvalue weighted by Crippen LogP contribution is 2.35. The Labute approximate surface area is 129 Å². The van der Waals surface area contributed by atoms with E-state index in [0.29, 0.717) is 0 Å². The molecule has 1 nitrogen and oxygen atoms in total. The number of thiophene rings is 2. The highest BCUT2D eigenvalue weighted by atomic mass is 35.5. The first-order valence-electron chi connectivity index (χ1n) is 6.33. The van der Waals surface area contributed by atoms with Gasteiger partial charge in [-0.2, -0.15) is 0 Å².